The van der Waals surface area contributed by atoms with E-state index < -0.39 is 0 Å². The van der Waals surface area contributed by atoms with Crippen LogP contribution >= 0.6 is 0 Å². The van der Waals surface area contributed by atoms with Gasteiger partial charge in [-0.25, -0.2) is 0 Å². The topological polar surface area (TPSA) is 24.9 Å². The van der Waals surface area contributed by atoms with Crippen LogP contribution in [-0.2, 0) is 0 Å². The highest BCUT2D eigenvalue weighted by molar-refractivity contribution is 7.01. The second kappa shape index (κ2) is 15.3. The van der Waals surface area contributed by atoms with Crippen LogP contribution in [0.5, 0.6) is 23.0 Å². The van der Waals surface area contributed by atoms with Crippen molar-refractivity contribution in [1.29, 1.82) is 0 Å². The summed E-state index contributed by atoms with van der Waals surface area (Å²) in [4.78, 5) is 4.71. The maximum atomic E-state index is 7.45. The van der Waals surface area contributed by atoms with Crippen LogP contribution in [0.3, 0.4) is 0 Å². The van der Waals surface area contributed by atoms with Crippen LogP contribution in [0.1, 0.15) is 22.3 Å². The highest BCUT2D eigenvalue weighted by atomic mass is 16.5. The molecule has 12 aromatic carbocycles. The van der Waals surface area contributed by atoms with E-state index in [1.165, 1.54) is 110 Å². The van der Waals surface area contributed by atoms with Crippen molar-refractivity contribution in [3.8, 4) is 45.3 Å². The number of rotatable bonds is 6. The minimum Gasteiger partial charge on any atom is -0.458 e. The minimum atomic E-state index is -0.0968. The zero-order chi connectivity index (χ0) is 49.1. The lowest BCUT2D eigenvalue weighted by atomic mass is 9.32. The van der Waals surface area contributed by atoms with Gasteiger partial charge in [0.25, 0.3) is 13.4 Å². The molecule has 0 bridgehead atoms. The van der Waals surface area contributed by atoms with Gasteiger partial charge in [-0.2, -0.15) is 0 Å². The number of hydrogen-bond donors (Lipinski definition) is 0. The van der Waals surface area contributed by atoms with Gasteiger partial charge in [0, 0.05) is 40.6 Å². The molecule has 0 radical (unpaired) electrons. The molecular weight excluding hydrogens is 898 g/mol. The number of nitrogens with zero attached hydrogens (tertiary/aromatic N) is 2. The van der Waals surface area contributed by atoms with Crippen molar-refractivity contribution >= 4 is 113 Å². The molecule has 0 fully saturated rings. The Balaban J connectivity index is 1.01. The molecule has 0 aromatic heterocycles. The first-order valence-corrected chi connectivity index (χ1v) is 25.9. The highest BCUT2D eigenvalue weighted by Gasteiger charge is 2.44. The lowest BCUT2D eigenvalue weighted by molar-refractivity contribution is 0.487. The van der Waals surface area contributed by atoms with Gasteiger partial charge in [0.1, 0.15) is 23.0 Å². The molecule has 4 aliphatic rings. The van der Waals surface area contributed by atoms with Crippen LogP contribution < -0.4 is 52.1 Å². The lowest BCUT2D eigenvalue weighted by Gasteiger charge is -2.38. The van der Waals surface area contributed by atoms with Crippen molar-refractivity contribution in [2.75, 3.05) is 9.80 Å². The average Bonchev–Trinajstić information content (AvgIpc) is 3.42. The SMILES string of the molecule is Cc1ccc2c(c1)Oc1cc(C)cc3c1B2c1cc2c(C)cc4c5c(cc6c(C)cc-3c1c6c25)B1c2ccc(N(c3ccccc3)c3ccccc3)cc2Oc2cc(N(c3ccccc3)c3ccccc3)cc-4c21. The molecule has 12 aromatic rings. The van der Waals surface area contributed by atoms with Crippen molar-refractivity contribution in [3.05, 3.63) is 229 Å². The highest BCUT2D eigenvalue weighted by Crippen LogP contribution is 2.50. The van der Waals surface area contributed by atoms with Gasteiger partial charge in [0.15, 0.2) is 0 Å². The van der Waals surface area contributed by atoms with Crippen molar-refractivity contribution in [1.82, 2.24) is 0 Å². The van der Waals surface area contributed by atoms with Crippen LogP contribution in [0.15, 0.2) is 206 Å². The molecule has 0 spiro atoms. The number of fused-ring (bicyclic) bond motifs is 8. The Kier molecular flexibility index (Phi) is 8.59. The Labute approximate surface area is 431 Å². The molecule has 16 rings (SSSR count). The number of aryl methyl sites for hydroxylation is 4. The van der Waals surface area contributed by atoms with Crippen LogP contribution in [0.4, 0.5) is 34.1 Å². The van der Waals surface area contributed by atoms with Gasteiger partial charge < -0.3 is 19.3 Å². The normalized spacial score (nSPS) is 13.0. The maximum Gasteiger partial charge on any atom is 0.252 e. The molecule has 0 amide bonds. The third kappa shape index (κ3) is 5.76. The quantitative estimate of drug-likeness (QED) is 0.122. The van der Waals surface area contributed by atoms with Crippen molar-refractivity contribution < 1.29 is 9.47 Å². The molecule has 0 aliphatic carbocycles. The van der Waals surface area contributed by atoms with E-state index in [1.807, 2.05) is 0 Å². The van der Waals surface area contributed by atoms with Gasteiger partial charge in [0.2, 0.25) is 0 Å². The molecule has 4 aliphatic heterocycles. The van der Waals surface area contributed by atoms with Crippen LogP contribution in [0, 0.1) is 27.7 Å². The van der Waals surface area contributed by atoms with E-state index in [-0.39, 0.29) is 13.4 Å². The molecule has 6 heteroatoms. The van der Waals surface area contributed by atoms with Gasteiger partial charge in [-0.05, 0) is 199 Å². The fourth-order valence-electron chi connectivity index (χ4n) is 13.6. The largest absolute Gasteiger partial charge is 0.458 e. The average molecular weight is 945 g/mol. The minimum absolute atomic E-state index is 0.0360. The number of anilines is 6. The summed E-state index contributed by atoms with van der Waals surface area (Å²) in [6, 6.07) is 76.0. The first-order valence-electron chi connectivity index (χ1n) is 25.9. The van der Waals surface area contributed by atoms with Gasteiger partial charge in [-0.3, -0.25) is 0 Å². The van der Waals surface area contributed by atoms with Gasteiger partial charge in [-0.1, -0.05) is 132 Å². The monoisotopic (exact) mass is 944 g/mol. The smallest absolute Gasteiger partial charge is 0.252 e. The van der Waals surface area contributed by atoms with E-state index in [1.54, 1.807) is 0 Å². The van der Waals surface area contributed by atoms with Crippen molar-refractivity contribution in [2.45, 2.75) is 27.7 Å². The lowest BCUT2D eigenvalue weighted by Crippen LogP contribution is -2.58. The molecular formula is C68H46B2N2O2. The summed E-state index contributed by atoms with van der Waals surface area (Å²) in [6.45, 7) is 8.96. The summed E-state index contributed by atoms with van der Waals surface area (Å²) in [5.41, 5.74) is 24.0. The summed E-state index contributed by atoms with van der Waals surface area (Å²) in [7, 11) is 0. The van der Waals surface area contributed by atoms with E-state index in [9.17, 15) is 0 Å². The third-order valence-corrected chi connectivity index (χ3v) is 16.6. The van der Waals surface area contributed by atoms with E-state index in [2.05, 4.69) is 244 Å². The second-order valence-corrected chi connectivity index (χ2v) is 21.0. The Bertz CT molecular complexity index is 4290. The second-order valence-electron chi connectivity index (χ2n) is 21.0. The molecule has 4 nitrogen and oxygen atoms in total. The molecule has 4 heterocycles. The Morgan fingerprint density at radius 3 is 1.23 bits per heavy atom. The molecule has 0 unspecified atom stereocenters. The fraction of sp³-hybridized carbons (Fsp3) is 0.0588. The fourth-order valence-corrected chi connectivity index (χ4v) is 13.6. The van der Waals surface area contributed by atoms with Crippen molar-refractivity contribution in [2.24, 2.45) is 0 Å². The maximum absolute atomic E-state index is 7.45. The number of ether oxygens (including phenoxy) is 2. The standard InChI is InChI=1S/C68H46B2N2O2/c1-39-25-27-55-59(30-39)73-61-31-40(2)29-53-51-32-41(3)49-38-58-64-52(33-42(4)50-37-57(69(55)67(53)61)63(51)65(49)66(50)64)54-34-48(72(45-21-13-7-14-22-45)46-23-15-8-16-24-46)36-62-68(54)70(58)56-28-26-47(35-60(56)74-62)71(43-17-9-5-10-18-43)44-19-11-6-12-20-44/h5-38H,1-4H3. The van der Waals surface area contributed by atoms with E-state index >= 15 is 0 Å². The van der Waals surface area contributed by atoms with Gasteiger partial charge >= 0.3 is 0 Å². The number of hydrogen-bond acceptors (Lipinski definition) is 4. The van der Waals surface area contributed by atoms with E-state index in [0.717, 1.165) is 57.1 Å². The first kappa shape index (κ1) is 41.6. The molecule has 0 N–H and O–H groups in total. The van der Waals surface area contributed by atoms with Crippen molar-refractivity contribution in [3.63, 3.8) is 0 Å². The zero-order valence-electron chi connectivity index (χ0n) is 41.5. The van der Waals surface area contributed by atoms with Crippen LogP contribution in [-0.4, -0.2) is 13.4 Å². The molecule has 0 saturated carbocycles. The summed E-state index contributed by atoms with van der Waals surface area (Å²) >= 11 is 0. The number of para-hydroxylation sites is 4. The molecule has 74 heavy (non-hydrogen) atoms. The zero-order valence-corrected chi connectivity index (χ0v) is 41.5. The van der Waals surface area contributed by atoms with E-state index in [0.29, 0.717) is 0 Å². The summed E-state index contributed by atoms with van der Waals surface area (Å²) in [5.74, 6) is 3.67. The molecule has 0 atom stereocenters. The van der Waals surface area contributed by atoms with Crippen LogP contribution in [0.2, 0.25) is 0 Å². The summed E-state index contributed by atoms with van der Waals surface area (Å²) < 4.78 is 14.3. The Morgan fingerprint density at radius 1 is 0.297 bits per heavy atom. The predicted octanol–water partition coefficient (Wildman–Crippen LogP) is 14.0. The molecule has 0 saturated heterocycles. The van der Waals surface area contributed by atoms with E-state index in [4.69, 9.17) is 9.47 Å². The van der Waals surface area contributed by atoms with Gasteiger partial charge in [-0.15, -0.1) is 0 Å². The van der Waals surface area contributed by atoms with Crippen LogP contribution in [0.25, 0.3) is 54.6 Å². The Morgan fingerprint density at radius 2 is 0.716 bits per heavy atom. The first-order chi connectivity index (χ1) is 36.3. The third-order valence-electron chi connectivity index (χ3n) is 16.6. The predicted molar refractivity (Wildman–Crippen MR) is 312 cm³/mol. The summed E-state index contributed by atoms with van der Waals surface area (Å²) in [5, 5.41) is 8.04. The number of benzene rings is 12. The molecule has 346 valence electrons. The Hall–Kier alpha value is -8.99. The summed E-state index contributed by atoms with van der Waals surface area (Å²) in [6.07, 6.45) is 0. The van der Waals surface area contributed by atoms with Gasteiger partial charge in [0.05, 0.1) is 5.69 Å².